The Hall–Kier alpha value is -1.10. The van der Waals surface area contributed by atoms with Gasteiger partial charge in [0.1, 0.15) is 5.75 Å². The first-order valence-electron chi connectivity index (χ1n) is 9.03. The van der Waals surface area contributed by atoms with E-state index < -0.39 is 0 Å². The van der Waals surface area contributed by atoms with E-state index in [9.17, 15) is 5.11 Å². The van der Waals surface area contributed by atoms with Crippen molar-refractivity contribution >= 4 is 0 Å². The molecule has 4 nitrogen and oxygen atoms in total. The summed E-state index contributed by atoms with van der Waals surface area (Å²) in [7, 11) is 3.57. The zero-order chi connectivity index (χ0) is 17.5. The largest absolute Gasteiger partial charge is 0.496 e. The van der Waals surface area contributed by atoms with Crippen LogP contribution in [0.5, 0.6) is 5.75 Å². The number of rotatable bonds is 4. The lowest BCUT2D eigenvalue weighted by Gasteiger charge is -2.42. The lowest BCUT2D eigenvalue weighted by molar-refractivity contribution is -0.0879. The molecule has 1 heterocycles. The predicted octanol–water partition coefficient (Wildman–Crippen LogP) is 3.12. The van der Waals surface area contributed by atoms with Crippen LogP contribution in [0, 0.1) is 20.8 Å². The Morgan fingerprint density at radius 3 is 2.62 bits per heavy atom. The Kier molecular flexibility index (Phi) is 4.92. The fraction of sp³-hybridized carbons (Fsp3) is 0.700. The van der Waals surface area contributed by atoms with E-state index in [2.05, 4.69) is 31.7 Å². The maximum Gasteiger partial charge on any atom is 0.122 e. The van der Waals surface area contributed by atoms with Crippen LogP contribution in [0.25, 0.3) is 0 Å². The van der Waals surface area contributed by atoms with Gasteiger partial charge < -0.3 is 14.6 Å². The molecule has 2 aliphatic rings. The van der Waals surface area contributed by atoms with Gasteiger partial charge in [0.05, 0.1) is 18.8 Å². The summed E-state index contributed by atoms with van der Waals surface area (Å²) in [6.07, 6.45) is 3.51. The molecule has 0 amide bonds. The summed E-state index contributed by atoms with van der Waals surface area (Å²) in [5.74, 6) is 0.967. The molecule has 3 atom stereocenters. The number of nitrogens with zero attached hydrogens (tertiary/aromatic N) is 1. The molecular weight excluding hydrogens is 302 g/mol. The molecule has 134 valence electrons. The summed E-state index contributed by atoms with van der Waals surface area (Å²) in [6, 6.07) is 2.46. The number of likely N-dealkylation sites (tertiary alicyclic amines) is 1. The van der Waals surface area contributed by atoms with E-state index in [-0.39, 0.29) is 11.7 Å². The van der Waals surface area contributed by atoms with E-state index in [1.807, 2.05) is 7.11 Å². The van der Waals surface area contributed by atoms with Crippen LogP contribution in [0.1, 0.15) is 47.9 Å². The second-order valence-electron chi connectivity index (χ2n) is 7.56. The van der Waals surface area contributed by atoms with E-state index in [0.29, 0.717) is 6.04 Å². The van der Waals surface area contributed by atoms with Crippen LogP contribution in [-0.4, -0.2) is 48.5 Å². The molecule has 3 rings (SSSR count). The average molecular weight is 333 g/mol. The lowest BCUT2D eigenvalue weighted by Crippen LogP contribution is -2.51. The zero-order valence-corrected chi connectivity index (χ0v) is 15.7. The van der Waals surface area contributed by atoms with Gasteiger partial charge in [-0.15, -0.1) is 0 Å². The summed E-state index contributed by atoms with van der Waals surface area (Å²) < 4.78 is 11.5. The summed E-state index contributed by atoms with van der Waals surface area (Å²) in [5.41, 5.74) is 5.14. The first-order chi connectivity index (χ1) is 11.4. The van der Waals surface area contributed by atoms with E-state index in [0.717, 1.165) is 44.5 Å². The zero-order valence-electron chi connectivity index (χ0n) is 15.7. The summed E-state index contributed by atoms with van der Waals surface area (Å²) >= 11 is 0. The molecule has 1 aromatic rings. The number of benzene rings is 1. The number of aryl methyl sites for hydroxylation is 1. The highest BCUT2D eigenvalue weighted by Crippen LogP contribution is 2.43. The third-order valence-corrected chi connectivity index (χ3v) is 6.46. The molecule has 1 N–H and O–H groups in total. The van der Waals surface area contributed by atoms with Crippen LogP contribution in [0.15, 0.2) is 6.07 Å². The van der Waals surface area contributed by atoms with Crippen molar-refractivity contribution in [2.24, 2.45) is 0 Å². The molecule has 0 aromatic heterocycles. The van der Waals surface area contributed by atoms with E-state index in [1.165, 1.54) is 22.3 Å². The number of aliphatic hydroxyl groups excluding tert-OH is 1. The Balaban J connectivity index is 1.88. The fourth-order valence-corrected chi connectivity index (χ4v) is 4.72. The molecule has 1 aliphatic heterocycles. The van der Waals surface area contributed by atoms with Gasteiger partial charge in [0, 0.05) is 26.2 Å². The number of fused-ring (bicyclic) bond motifs is 1. The van der Waals surface area contributed by atoms with E-state index in [1.54, 1.807) is 7.11 Å². The van der Waals surface area contributed by atoms with Crippen LogP contribution in [0.3, 0.4) is 0 Å². The molecule has 1 saturated carbocycles. The number of hydrogen-bond donors (Lipinski definition) is 1. The number of aliphatic hydroxyl groups is 1. The molecule has 1 aliphatic carbocycles. The van der Waals surface area contributed by atoms with Crippen molar-refractivity contribution in [3.63, 3.8) is 0 Å². The highest BCUT2D eigenvalue weighted by Gasteiger charge is 2.50. The number of methoxy groups -OCH3 is 2. The third kappa shape index (κ3) is 2.85. The average Bonchev–Trinajstić information content (AvgIpc) is 2.93. The van der Waals surface area contributed by atoms with Gasteiger partial charge in [-0.05, 0) is 74.8 Å². The molecule has 24 heavy (non-hydrogen) atoms. The second-order valence-corrected chi connectivity index (χ2v) is 7.56. The fourth-order valence-electron chi connectivity index (χ4n) is 4.72. The molecule has 0 bridgehead atoms. The summed E-state index contributed by atoms with van der Waals surface area (Å²) in [6.45, 7) is 8.44. The molecule has 1 aromatic carbocycles. The summed E-state index contributed by atoms with van der Waals surface area (Å²) in [4.78, 5) is 2.52. The minimum absolute atomic E-state index is 0.0669. The first kappa shape index (κ1) is 17.7. The van der Waals surface area contributed by atoms with Crippen molar-refractivity contribution in [1.29, 1.82) is 0 Å². The molecule has 1 saturated heterocycles. The van der Waals surface area contributed by atoms with E-state index >= 15 is 0 Å². The molecule has 0 unspecified atom stereocenters. The van der Waals surface area contributed by atoms with Crippen molar-refractivity contribution in [1.82, 2.24) is 4.90 Å². The monoisotopic (exact) mass is 333 g/mol. The predicted molar refractivity (Wildman–Crippen MR) is 95.6 cm³/mol. The Labute approximate surface area is 145 Å². The quantitative estimate of drug-likeness (QED) is 0.919. The standard InChI is InChI=1S/C20H31NO3/c1-13-10-18(23-4)15(3)14(2)17(13)12-21-9-8-20(24-5)7-6-16(22)11-19(20)21/h10,16,19,22H,6-9,11-12H2,1-5H3/t16-,19+,20-/m1/s1. The van der Waals surface area contributed by atoms with Gasteiger partial charge in [-0.2, -0.15) is 0 Å². The first-order valence-corrected chi connectivity index (χ1v) is 9.03. The maximum absolute atomic E-state index is 10.2. The Bertz CT molecular complexity index is 615. The van der Waals surface area contributed by atoms with Crippen LogP contribution < -0.4 is 4.74 Å². The highest BCUT2D eigenvalue weighted by molar-refractivity contribution is 5.48. The molecular formula is C20H31NO3. The Morgan fingerprint density at radius 2 is 1.96 bits per heavy atom. The lowest BCUT2D eigenvalue weighted by atomic mass is 9.79. The number of ether oxygens (including phenoxy) is 2. The van der Waals surface area contributed by atoms with Gasteiger partial charge in [0.25, 0.3) is 0 Å². The van der Waals surface area contributed by atoms with Crippen LogP contribution in [0.2, 0.25) is 0 Å². The van der Waals surface area contributed by atoms with Crippen LogP contribution >= 0.6 is 0 Å². The smallest absolute Gasteiger partial charge is 0.122 e. The Morgan fingerprint density at radius 1 is 1.21 bits per heavy atom. The van der Waals surface area contributed by atoms with E-state index in [4.69, 9.17) is 9.47 Å². The van der Waals surface area contributed by atoms with Crippen molar-refractivity contribution in [2.45, 2.75) is 70.7 Å². The maximum atomic E-state index is 10.2. The van der Waals surface area contributed by atoms with Crippen LogP contribution in [0.4, 0.5) is 0 Å². The molecule has 0 spiro atoms. The minimum atomic E-state index is -0.196. The second kappa shape index (κ2) is 6.66. The van der Waals surface area contributed by atoms with Crippen molar-refractivity contribution in [3.8, 4) is 5.75 Å². The highest BCUT2D eigenvalue weighted by atomic mass is 16.5. The summed E-state index contributed by atoms with van der Waals surface area (Å²) in [5, 5.41) is 10.2. The van der Waals surface area contributed by atoms with Gasteiger partial charge in [0.15, 0.2) is 0 Å². The number of hydrogen-bond acceptors (Lipinski definition) is 4. The SMILES string of the molecule is COc1cc(C)c(CN2CC[C@]3(OC)CC[C@@H](O)C[C@H]23)c(C)c1C. The van der Waals surface area contributed by atoms with Gasteiger partial charge in [0.2, 0.25) is 0 Å². The van der Waals surface area contributed by atoms with Crippen molar-refractivity contribution in [2.75, 3.05) is 20.8 Å². The van der Waals surface area contributed by atoms with Crippen molar-refractivity contribution in [3.05, 3.63) is 28.3 Å². The van der Waals surface area contributed by atoms with Gasteiger partial charge in [-0.1, -0.05) is 0 Å². The van der Waals surface area contributed by atoms with Crippen LogP contribution in [-0.2, 0) is 11.3 Å². The third-order valence-electron chi connectivity index (χ3n) is 6.46. The normalized spacial score (nSPS) is 30.4. The molecule has 0 radical (unpaired) electrons. The topological polar surface area (TPSA) is 41.9 Å². The molecule has 4 heteroatoms. The minimum Gasteiger partial charge on any atom is -0.496 e. The van der Waals surface area contributed by atoms with Crippen molar-refractivity contribution < 1.29 is 14.6 Å². The van der Waals surface area contributed by atoms with Gasteiger partial charge in [-0.3, -0.25) is 4.90 Å². The molecule has 2 fully saturated rings. The van der Waals surface area contributed by atoms with Gasteiger partial charge in [-0.25, -0.2) is 0 Å². The van der Waals surface area contributed by atoms with Gasteiger partial charge >= 0.3 is 0 Å².